The Kier molecular flexibility index (Phi) is 5.76. The fourth-order valence-electron chi connectivity index (χ4n) is 1.13. The van der Waals surface area contributed by atoms with Crippen molar-refractivity contribution in [1.82, 2.24) is 0 Å². The average Bonchev–Trinajstić information content (AvgIpc) is 2.23. The lowest BCUT2D eigenvalue weighted by atomic mass is 10.4. The Morgan fingerprint density at radius 1 is 1.33 bits per heavy atom. The fraction of sp³-hybridized carbons (Fsp3) is 0.250. The topological polar surface area (TPSA) is 107 Å². The zero-order chi connectivity index (χ0) is 16.5. The second kappa shape index (κ2) is 6.45. The van der Waals surface area contributed by atoms with Crippen LogP contribution in [-0.2, 0) is 18.9 Å². The first-order valence-corrected chi connectivity index (χ1v) is 9.10. The van der Waals surface area contributed by atoms with Crippen LogP contribution < -0.4 is 9.79 Å². The summed E-state index contributed by atoms with van der Waals surface area (Å²) in [5.41, 5.74) is -4.80. The van der Waals surface area contributed by atoms with Gasteiger partial charge in [0.25, 0.3) is 10.1 Å². The number of benzene rings is 1. The normalized spacial score (nSPS) is 13.4. The van der Waals surface area contributed by atoms with E-state index in [1.165, 1.54) is 0 Å². The van der Waals surface area contributed by atoms with E-state index < -0.39 is 56.1 Å². The van der Waals surface area contributed by atoms with Crippen LogP contribution in [0.15, 0.2) is 28.0 Å². The van der Waals surface area contributed by atoms with Gasteiger partial charge in [-0.1, -0.05) is 17.7 Å². The SMILES string of the molecule is O=P([O-])([O-])COS(=O)(=O)c1c(Cl)cccc1SC(F)(F)F. The molecule has 21 heavy (non-hydrogen) atoms. The molecule has 0 aliphatic heterocycles. The van der Waals surface area contributed by atoms with E-state index in [9.17, 15) is 35.9 Å². The largest absolute Gasteiger partial charge is 0.809 e. The van der Waals surface area contributed by atoms with Crippen molar-refractivity contribution in [2.45, 2.75) is 15.3 Å². The van der Waals surface area contributed by atoms with E-state index in [0.29, 0.717) is 0 Å². The summed E-state index contributed by atoms with van der Waals surface area (Å²) < 4.78 is 74.8. The minimum atomic E-state index is -5.33. The Morgan fingerprint density at radius 3 is 2.38 bits per heavy atom. The van der Waals surface area contributed by atoms with E-state index in [0.717, 1.165) is 18.2 Å². The van der Waals surface area contributed by atoms with Crippen molar-refractivity contribution in [1.29, 1.82) is 0 Å². The van der Waals surface area contributed by atoms with Gasteiger partial charge in [0.2, 0.25) is 0 Å². The fourth-order valence-corrected chi connectivity index (χ4v) is 4.48. The van der Waals surface area contributed by atoms with Crippen molar-refractivity contribution in [2.24, 2.45) is 0 Å². The lowest BCUT2D eigenvalue weighted by molar-refractivity contribution is -0.316. The maximum absolute atomic E-state index is 12.4. The lowest BCUT2D eigenvalue weighted by Crippen LogP contribution is -2.21. The molecule has 0 fully saturated rings. The third-order valence-electron chi connectivity index (χ3n) is 1.77. The van der Waals surface area contributed by atoms with Crippen molar-refractivity contribution < 1.29 is 40.1 Å². The number of hydrogen-bond acceptors (Lipinski definition) is 7. The number of rotatable bonds is 5. The van der Waals surface area contributed by atoms with E-state index in [-0.39, 0.29) is 0 Å². The first kappa shape index (κ1) is 18.8. The average molecular weight is 385 g/mol. The van der Waals surface area contributed by atoms with Crippen LogP contribution in [0.1, 0.15) is 0 Å². The molecule has 0 N–H and O–H groups in total. The van der Waals surface area contributed by atoms with E-state index in [4.69, 9.17) is 11.6 Å². The van der Waals surface area contributed by atoms with E-state index >= 15 is 0 Å². The third kappa shape index (κ3) is 6.15. The third-order valence-corrected chi connectivity index (χ3v) is 5.11. The van der Waals surface area contributed by atoms with Crippen LogP contribution in [0, 0.1) is 0 Å². The Balaban J connectivity index is 3.25. The van der Waals surface area contributed by atoms with Gasteiger partial charge in [0.05, 0.1) is 11.4 Å². The monoisotopic (exact) mass is 384 g/mol. The molecule has 0 aromatic heterocycles. The quantitative estimate of drug-likeness (QED) is 0.430. The van der Waals surface area contributed by atoms with Gasteiger partial charge in [0.1, 0.15) is 4.90 Å². The van der Waals surface area contributed by atoms with Gasteiger partial charge >= 0.3 is 5.51 Å². The van der Waals surface area contributed by atoms with E-state index in [1.807, 2.05) is 0 Å². The highest BCUT2D eigenvalue weighted by molar-refractivity contribution is 8.00. The van der Waals surface area contributed by atoms with Crippen LogP contribution in [0.4, 0.5) is 13.2 Å². The predicted octanol–water partition coefficient (Wildman–Crippen LogP) is 1.53. The first-order valence-electron chi connectivity index (χ1n) is 4.76. The standard InChI is InChI=1S/C8H7ClF3O6PS2/c9-5-2-1-3-6(20-8(10,11)12)7(5)21(16,17)18-4-19(13,14)15/h1-3H,4H2,(H2,13,14,15)/p-2. The molecule has 120 valence electrons. The maximum atomic E-state index is 12.4. The molecule has 0 heterocycles. The molecule has 0 aliphatic rings. The highest BCUT2D eigenvalue weighted by atomic mass is 35.5. The van der Waals surface area contributed by atoms with Crippen LogP contribution >= 0.6 is 31.0 Å². The molecule has 0 unspecified atom stereocenters. The zero-order valence-electron chi connectivity index (χ0n) is 9.66. The highest BCUT2D eigenvalue weighted by Crippen LogP contribution is 2.42. The van der Waals surface area contributed by atoms with Crippen molar-refractivity contribution in [3.05, 3.63) is 23.2 Å². The molecule has 1 aromatic carbocycles. The number of halogens is 4. The molecule has 13 heteroatoms. The zero-order valence-corrected chi connectivity index (χ0v) is 12.9. The van der Waals surface area contributed by atoms with Crippen molar-refractivity contribution in [3.63, 3.8) is 0 Å². The lowest BCUT2D eigenvalue weighted by Gasteiger charge is -2.28. The molecule has 0 atom stereocenters. The summed E-state index contributed by atoms with van der Waals surface area (Å²) in [6, 6.07) is 2.86. The van der Waals surface area contributed by atoms with Crippen molar-refractivity contribution >= 4 is 41.1 Å². The molecular weight excluding hydrogens is 380 g/mol. The molecule has 0 aliphatic carbocycles. The molecule has 1 aromatic rings. The highest BCUT2D eigenvalue weighted by Gasteiger charge is 2.34. The second-order valence-corrected chi connectivity index (χ2v) is 7.97. The Labute approximate surface area is 126 Å². The Hall–Kier alpha value is -0.290. The molecule has 0 saturated heterocycles. The summed E-state index contributed by atoms with van der Waals surface area (Å²) in [6.45, 7) is 0. The molecule has 0 spiro atoms. The first-order chi connectivity index (χ1) is 9.32. The predicted molar refractivity (Wildman–Crippen MR) is 64.1 cm³/mol. The van der Waals surface area contributed by atoms with Crippen molar-refractivity contribution in [3.8, 4) is 0 Å². The molecule has 0 bridgehead atoms. The van der Waals surface area contributed by atoms with Gasteiger partial charge in [-0.05, 0) is 31.5 Å². The van der Waals surface area contributed by atoms with Gasteiger partial charge in [-0.25, -0.2) is 0 Å². The number of hydrogen-bond donors (Lipinski definition) is 0. The minimum Gasteiger partial charge on any atom is -0.809 e. The van der Waals surface area contributed by atoms with Crippen LogP contribution in [0.5, 0.6) is 0 Å². The summed E-state index contributed by atoms with van der Waals surface area (Å²) >= 11 is 4.76. The van der Waals surface area contributed by atoms with E-state index in [2.05, 4.69) is 4.18 Å². The van der Waals surface area contributed by atoms with Crippen LogP contribution in [0.25, 0.3) is 0 Å². The van der Waals surface area contributed by atoms with Gasteiger partial charge in [-0.15, -0.1) is 0 Å². The molecule has 1 rings (SSSR count). The van der Waals surface area contributed by atoms with Gasteiger partial charge < -0.3 is 14.4 Å². The van der Waals surface area contributed by atoms with Crippen molar-refractivity contribution in [2.75, 3.05) is 6.35 Å². The molecule has 6 nitrogen and oxygen atoms in total. The van der Waals surface area contributed by atoms with Crippen LogP contribution in [0.2, 0.25) is 5.02 Å². The summed E-state index contributed by atoms with van der Waals surface area (Å²) in [4.78, 5) is 18.9. The Morgan fingerprint density at radius 2 is 1.90 bits per heavy atom. The smallest absolute Gasteiger partial charge is 0.446 e. The van der Waals surface area contributed by atoms with E-state index in [1.54, 1.807) is 0 Å². The summed E-state index contributed by atoms with van der Waals surface area (Å²) in [5.74, 6) is 0. The van der Waals surface area contributed by atoms with Gasteiger partial charge in [0.15, 0.2) is 0 Å². The summed E-state index contributed by atoms with van der Waals surface area (Å²) in [6.07, 6.45) is -1.73. The second-order valence-electron chi connectivity index (χ2n) is 3.43. The number of thioether (sulfide) groups is 1. The molecule has 0 radical (unpaired) electrons. The molecule has 0 amide bonds. The number of alkyl halides is 3. The van der Waals surface area contributed by atoms with Crippen LogP contribution in [-0.4, -0.2) is 20.3 Å². The van der Waals surface area contributed by atoms with Crippen LogP contribution in [0.3, 0.4) is 0 Å². The summed E-state index contributed by atoms with van der Waals surface area (Å²) in [5, 5.41) is -0.601. The summed E-state index contributed by atoms with van der Waals surface area (Å²) in [7, 11) is -10.3. The minimum absolute atomic E-state index is 0.601. The van der Waals surface area contributed by atoms with Gasteiger partial charge in [-0.3, -0.25) is 4.18 Å². The Bertz CT molecular complexity index is 671. The molecule has 0 saturated carbocycles. The van der Waals surface area contributed by atoms with Gasteiger partial charge in [0, 0.05) is 4.90 Å². The molecular formula is C8H5ClF3O6PS2-2. The maximum Gasteiger partial charge on any atom is 0.446 e. The van der Waals surface area contributed by atoms with Gasteiger partial charge in [-0.2, -0.15) is 21.6 Å².